The number of nitrogens with zero attached hydrogens (tertiary/aromatic N) is 2. The normalized spacial score (nSPS) is 15.4. The number of guanidine groups is 1. The Labute approximate surface area is 170 Å². The van der Waals surface area contributed by atoms with Gasteiger partial charge >= 0.3 is 0 Å². The molecule has 24 heavy (non-hydrogen) atoms. The first-order chi connectivity index (χ1) is 11.1. The number of likely N-dealkylation sites (tertiary alicyclic amines) is 1. The second-order valence-electron chi connectivity index (χ2n) is 5.53. The fraction of sp³-hybridized carbons (Fsp3) is 0.500. The molecule has 0 aliphatic carbocycles. The van der Waals surface area contributed by atoms with Gasteiger partial charge in [0.2, 0.25) is 0 Å². The van der Waals surface area contributed by atoms with Gasteiger partial charge in [0.1, 0.15) is 0 Å². The minimum Gasteiger partial charge on any atom is -0.370 e. The van der Waals surface area contributed by atoms with Gasteiger partial charge in [-0.05, 0) is 31.0 Å². The Balaban J connectivity index is 0.00000288. The molecular formula is C16H23Cl2IN4O. The van der Waals surface area contributed by atoms with E-state index in [9.17, 15) is 4.79 Å². The third-order valence-electron chi connectivity index (χ3n) is 3.78. The average Bonchev–Trinajstić information content (AvgIpc) is 2.83. The molecule has 1 aliphatic heterocycles. The van der Waals surface area contributed by atoms with Crippen molar-refractivity contribution in [3.8, 4) is 0 Å². The Morgan fingerprint density at radius 1 is 1.17 bits per heavy atom. The van der Waals surface area contributed by atoms with Crippen molar-refractivity contribution in [2.75, 3.05) is 26.2 Å². The van der Waals surface area contributed by atoms with Gasteiger partial charge in [-0.3, -0.25) is 9.79 Å². The number of nitrogens with two attached hydrogens (primary N) is 1. The molecule has 0 spiro atoms. The molecule has 1 aromatic rings. The Hall–Kier alpha value is -0.730. The van der Waals surface area contributed by atoms with Crippen LogP contribution in [-0.2, 0) is 0 Å². The van der Waals surface area contributed by atoms with Gasteiger partial charge in [0.25, 0.3) is 5.91 Å². The first-order valence-corrected chi connectivity index (χ1v) is 8.61. The highest BCUT2D eigenvalue weighted by Crippen LogP contribution is 2.22. The van der Waals surface area contributed by atoms with Gasteiger partial charge in [-0.2, -0.15) is 0 Å². The van der Waals surface area contributed by atoms with Crippen molar-refractivity contribution in [2.45, 2.75) is 25.7 Å². The van der Waals surface area contributed by atoms with Gasteiger partial charge in [0, 0.05) is 25.2 Å². The van der Waals surface area contributed by atoms with E-state index in [-0.39, 0.29) is 29.9 Å². The molecule has 8 heteroatoms. The Morgan fingerprint density at radius 3 is 2.46 bits per heavy atom. The molecule has 0 unspecified atom stereocenters. The number of rotatable bonds is 4. The number of carbonyl (C=O) groups is 1. The van der Waals surface area contributed by atoms with E-state index in [1.807, 2.05) is 0 Å². The largest absolute Gasteiger partial charge is 0.370 e. The van der Waals surface area contributed by atoms with Crippen LogP contribution in [0.2, 0.25) is 10.0 Å². The zero-order valence-corrected chi connectivity index (χ0v) is 17.3. The molecule has 1 saturated heterocycles. The quantitative estimate of drug-likeness (QED) is 0.297. The summed E-state index contributed by atoms with van der Waals surface area (Å²) in [5.74, 6) is 0.364. The maximum absolute atomic E-state index is 12.0. The Bertz CT molecular complexity index is 575. The molecule has 1 amide bonds. The summed E-state index contributed by atoms with van der Waals surface area (Å²) in [6.45, 7) is 2.80. The summed E-state index contributed by atoms with van der Waals surface area (Å²) in [4.78, 5) is 18.5. The zero-order chi connectivity index (χ0) is 16.7. The molecule has 0 aromatic heterocycles. The molecule has 3 N–H and O–H groups in total. The predicted molar refractivity (Wildman–Crippen MR) is 111 cm³/mol. The summed E-state index contributed by atoms with van der Waals surface area (Å²) in [5, 5.41) is 3.59. The van der Waals surface area contributed by atoms with Crippen LogP contribution in [0, 0.1) is 0 Å². The standard InChI is InChI=1S/C16H22Cl2N4O.HI/c17-13-6-5-12(11-14(13)18)15(23)20-7-8-21-16(19)22-9-3-1-2-4-10-22;/h5-6,11H,1-4,7-10H2,(H2,19,21)(H,20,23);1H. The highest BCUT2D eigenvalue weighted by atomic mass is 127. The van der Waals surface area contributed by atoms with Crippen LogP contribution < -0.4 is 11.1 Å². The van der Waals surface area contributed by atoms with Gasteiger partial charge in [-0.25, -0.2) is 0 Å². The predicted octanol–water partition coefficient (Wildman–Crippen LogP) is 3.53. The van der Waals surface area contributed by atoms with Gasteiger partial charge < -0.3 is 16.0 Å². The molecule has 0 radical (unpaired) electrons. The van der Waals surface area contributed by atoms with Crippen LogP contribution in [0.4, 0.5) is 0 Å². The maximum atomic E-state index is 12.0. The van der Waals surface area contributed by atoms with E-state index in [2.05, 4.69) is 15.2 Å². The lowest BCUT2D eigenvalue weighted by Crippen LogP contribution is -2.38. The minimum absolute atomic E-state index is 0. The van der Waals surface area contributed by atoms with E-state index < -0.39 is 0 Å². The van der Waals surface area contributed by atoms with E-state index in [0.29, 0.717) is 34.7 Å². The van der Waals surface area contributed by atoms with Crippen molar-refractivity contribution in [1.82, 2.24) is 10.2 Å². The lowest BCUT2D eigenvalue weighted by atomic mass is 10.2. The summed E-state index contributed by atoms with van der Waals surface area (Å²) in [6.07, 6.45) is 4.82. The number of carbonyl (C=O) groups excluding carboxylic acids is 1. The van der Waals surface area contributed by atoms with Gasteiger partial charge in [-0.15, -0.1) is 24.0 Å². The molecule has 0 atom stereocenters. The zero-order valence-electron chi connectivity index (χ0n) is 13.4. The number of nitrogens with one attached hydrogen (secondary N) is 1. The van der Waals surface area contributed by atoms with Crippen LogP contribution in [0.15, 0.2) is 23.2 Å². The van der Waals surface area contributed by atoms with E-state index >= 15 is 0 Å². The third-order valence-corrected chi connectivity index (χ3v) is 4.52. The van der Waals surface area contributed by atoms with Crippen LogP contribution in [0.25, 0.3) is 0 Å². The molecular weight excluding hydrogens is 462 g/mol. The van der Waals surface area contributed by atoms with Crippen molar-refractivity contribution in [2.24, 2.45) is 10.7 Å². The third kappa shape index (κ3) is 6.64. The summed E-state index contributed by atoms with van der Waals surface area (Å²) >= 11 is 11.7. The monoisotopic (exact) mass is 484 g/mol. The highest BCUT2D eigenvalue weighted by Gasteiger charge is 2.11. The lowest BCUT2D eigenvalue weighted by Gasteiger charge is -2.21. The van der Waals surface area contributed by atoms with Crippen LogP contribution in [0.5, 0.6) is 0 Å². The SMILES string of the molecule is I.NC(=NCCNC(=O)c1ccc(Cl)c(Cl)c1)N1CCCCCC1. The smallest absolute Gasteiger partial charge is 0.251 e. The second kappa shape index (κ2) is 11.0. The summed E-state index contributed by atoms with van der Waals surface area (Å²) in [7, 11) is 0. The molecule has 2 rings (SSSR count). The van der Waals surface area contributed by atoms with Gasteiger partial charge in [-0.1, -0.05) is 36.0 Å². The first kappa shape index (κ1) is 21.3. The number of halogens is 3. The summed E-state index contributed by atoms with van der Waals surface area (Å²) < 4.78 is 0. The second-order valence-corrected chi connectivity index (χ2v) is 6.34. The number of benzene rings is 1. The van der Waals surface area contributed by atoms with Crippen LogP contribution in [-0.4, -0.2) is 42.9 Å². The van der Waals surface area contributed by atoms with Crippen molar-refractivity contribution in [1.29, 1.82) is 0 Å². The topological polar surface area (TPSA) is 70.7 Å². The molecule has 0 bridgehead atoms. The van der Waals surface area contributed by atoms with Crippen LogP contribution >= 0.6 is 47.2 Å². The molecule has 1 heterocycles. The summed E-state index contributed by atoms with van der Waals surface area (Å²) in [5.41, 5.74) is 6.49. The summed E-state index contributed by atoms with van der Waals surface area (Å²) in [6, 6.07) is 4.79. The molecule has 1 fully saturated rings. The van der Waals surface area contributed by atoms with Crippen molar-refractivity contribution in [3.63, 3.8) is 0 Å². The molecule has 0 saturated carbocycles. The Morgan fingerprint density at radius 2 is 1.83 bits per heavy atom. The minimum atomic E-state index is -0.202. The fourth-order valence-corrected chi connectivity index (χ4v) is 2.78. The van der Waals surface area contributed by atoms with E-state index in [1.165, 1.54) is 12.8 Å². The Kier molecular flexibility index (Phi) is 9.76. The fourth-order valence-electron chi connectivity index (χ4n) is 2.48. The van der Waals surface area contributed by atoms with E-state index in [0.717, 1.165) is 25.9 Å². The molecule has 1 aromatic carbocycles. The number of amides is 1. The van der Waals surface area contributed by atoms with Crippen molar-refractivity contribution in [3.05, 3.63) is 33.8 Å². The molecule has 1 aliphatic rings. The number of aliphatic imine (C=N–C) groups is 1. The number of hydrogen-bond donors (Lipinski definition) is 2. The van der Waals surface area contributed by atoms with Crippen molar-refractivity contribution >= 4 is 59.0 Å². The number of hydrogen-bond acceptors (Lipinski definition) is 2. The van der Waals surface area contributed by atoms with Gasteiger partial charge in [0.15, 0.2) is 5.96 Å². The van der Waals surface area contributed by atoms with E-state index in [1.54, 1.807) is 18.2 Å². The molecule has 5 nitrogen and oxygen atoms in total. The lowest BCUT2D eigenvalue weighted by molar-refractivity contribution is 0.0955. The van der Waals surface area contributed by atoms with Crippen LogP contribution in [0.3, 0.4) is 0 Å². The highest BCUT2D eigenvalue weighted by molar-refractivity contribution is 14.0. The van der Waals surface area contributed by atoms with Gasteiger partial charge in [0.05, 0.1) is 16.6 Å². The first-order valence-electron chi connectivity index (χ1n) is 7.86. The maximum Gasteiger partial charge on any atom is 0.251 e. The van der Waals surface area contributed by atoms with E-state index in [4.69, 9.17) is 28.9 Å². The average molecular weight is 485 g/mol. The molecule has 134 valence electrons. The van der Waals surface area contributed by atoms with Crippen LogP contribution in [0.1, 0.15) is 36.0 Å². The van der Waals surface area contributed by atoms with Crippen molar-refractivity contribution < 1.29 is 4.79 Å².